The highest BCUT2D eigenvalue weighted by Crippen LogP contribution is 2.26. The van der Waals surface area contributed by atoms with E-state index < -0.39 is 0 Å². The minimum Gasteiger partial charge on any atom is -0.241 e. The highest BCUT2D eigenvalue weighted by molar-refractivity contribution is 7.99. The van der Waals surface area contributed by atoms with Crippen molar-refractivity contribution in [2.24, 2.45) is 0 Å². The molecule has 0 saturated heterocycles. The molecule has 0 aliphatic heterocycles. The van der Waals surface area contributed by atoms with Crippen LogP contribution in [0.3, 0.4) is 0 Å². The van der Waals surface area contributed by atoms with Crippen molar-refractivity contribution in [2.75, 3.05) is 5.75 Å². The van der Waals surface area contributed by atoms with Gasteiger partial charge in [-0.15, -0.1) is 11.8 Å². The third-order valence-corrected chi connectivity index (χ3v) is 3.77. The number of aryl methyl sites for hydroxylation is 1. The van der Waals surface area contributed by atoms with Gasteiger partial charge in [-0.25, -0.2) is 4.98 Å². The number of hydrogen-bond acceptors (Lipinski definition) is 2. The lowest BCUT2D eigenvalue weighted by Crippen LogP contribution is -1.91. The average molecular weight is 245 g/mol. The van der Waals surface area contributed by atoms with Gasteiger partial charge in [-0.1, -0.05) is 26.8 Å². The van der Waals surface area contributed by atoms with Crippen LogP contribution in [0.25, 0.3) is 10.9 Å². The third kappa shape index (κ3) is 2.63. The van der Waals surface area contributed by atoms with Gasteiger partial charge in [-0.3, -0.25) is 0 Å². The van der Waals surface area contributed by atoms with E-state index in [-0.39, 0.29) is 0 Å². The van der Waals surface area contributed by atoms with Crippen LogP contribution in [0.1, 0.15) is 37.8 Å². The van der Waals surface area contributed by atoms with Crippen LogP contribution in [0.15, 0.2) is 29.3 Å². The first-order valence-electron chi connectivity index (χ1n) is 6.16. The fourth-order valence-corrected chi connectivity index (χ4v) is 2.68. The van der Waals surface area contributed by atoms with Crippen molar-refractivity contribution in [3.8, 4) is 0 Å². The molecule has 0 saturated carbocycles. The van der Waals surface area contributed by atoms with Crippen LogP contribution in [-0.2, 0) is 0 Å². The molecule has 0 fully saturated rings. The largest absolute Gasteiger partial charge is 0.241 e. The van der Waals surface area contributed by atoms with Gasteiger partial charge in [0.15, 0.2) is 0 Å². The number of benzene rings is 1. The second-order valence-corrected chi connectivity index (χ2v) is 5.93. The average Bonchev–Trinajstić information content (AvgIpc) is 2.29. The molecule has 0 atom stereocenters. The van der Waals surface area contributed by atoms with Gasteiger partial charge in [0.25, 0.3) is 0 Å². The van der Waals surface area contributed by atoms with Crippen molar-refractivity contribution in [1.29, 1.82) is 0 Å². The summed E-state index contributed by atoms with van der Waals surface area (Å²) in [6, 6.07) is 8.82. The Balaban J connectivity index is 2.56. The smallest absolute Gasteiger partial charge is 0.0970 e. The summed E-state index contributed by atoms with van der Waals surface area (Å²) in [6.45, 7) is 8.79. The van der Waals surface area contributed by atoms with E-state index >= 15 is 0 Å². The van der Waals surface area contributed by atoms with Crippen molar-refractivity contribution in [2.45, 2.75) is 38.6 Å². The van der Waals surface area contributed by atoms with E-state index in [2.05, 4.69) is 56.9 Å². The first-order valence-corrected chi connectivity index (χ1v) is 7.14. The van der Waals surface area contributed by atoms with Crippen LogP contribution in [0.5, 0.6) is 0 Å². The molecule has 2 heteroatoms. The summed E-state index contributed by atoms with van der Waals surface area (Å²) >= 11 is 1.80. The Morgan fingerprint density at radius 1 is 1.24 bits per heavy atom. The predicted molar refractivity (Wildman–Crippen MR) is 77.0 cm³/mol. The summed E-state index contributed by atoms with van der Waals surface area (Å²) in [5, 5.41) is 2.42. The Hall–Kier alpha value is -1.02. The first kappa shape index (κ1) is 12.4. The van der Waals surface area contributed by atoms with Crippen LogP contribution in [0.2, 0.25) is 0 Å². The summed E-state index contributed by atoms with van der Waals surface area (Å²) in [6.07, 6.45) is 0. The monoisotopic (exact) mass is 245 g/mol. The molecule has 0 aliphatic rings. The SMILES string of the molecule is CCSc1cc(C)c2cc(C(C)C)ccc2n1. The van der Waals surface area contributed by atoms with E-state index in [0.29, 0.717) is 5.92 Å². The zero-order valence-electron chi connectivity index (χ0n) is 10.9. The highest BCUT2D eigenvalue weighted by Gasteiger charge is 2.05. The van der Waals surface area contributed by atoms with Crippen LogP contribution >= 0.6 is 11.8 Å². The molecule has 1 heterocycles. The molecule has 17 heavy (non-hydrogen) atoms. The van der Waals surface area contributed by atoms with E-state index in [1.165, 1.54) is 16.5 Å². The Labute approximate surface area is 108 Å². The van der Waals surface area contributed by atoms with Crippen molar-refractivity contribution in [3.05, 3.63) is 35.4 Å². The van der Waals surface area contributed by atoms with Crippen molar-refractivity contribution in [1.82, 2.24) is 4.98 Å². The Morgan fingerprint density at radius 2 is 2.00 bits per heavy atom. The van der Waals surface area contributed by atoms with Gasteiger partial charge in [-0.05, 0) is 47.9 Å². The fraction of sp³-hybridized carbons (Fsp3) is 0.400. The minimum absolute atomic E-state index is 0.573. The summed E-state index contributed by atoms with van der Waals surface area (Å²) in [7, 11) is 0. The number of fused-ring (bicyclic) bond motifs is 1. The molecule has 2 aromatic rings. The number of aromatic nitrogens is 1. The second-order valence-electron chi connectivity index (χ2n) is 4.64. The molecule has 1 aromatic carbocycles. The number of pyridine rings is 1. The lowest BCUT2D eigenvalue weighted by molar-refractivity contribution is 0.868. The Morgan fingerprint density at radius 3 is 2.65 bits per heavy atom. The zero-order valence-corrected chi connectivity index (χ0v) is 11.8. The van der Waals surface area contributed by atoms with Crippen LogP contribution in [-0.4, -0.2) is 10.7 Å². The number of nitrogens with zero attached hydrogens (tertiary/aromatic N) is 1. The highest BCUT2D eigenvalue weighted by atomic mass is 32.2. The summed E-state index contributed by atoms with van der Waals surface area (Å²) in [4.78, 5) is 4.69. The van der Waals surface area contributed by atoms with Crippen molar-refractivity contribution >= 4 is 22.7 Å². The fourth-order valence-electron chi connectivity index (χ4n) is 1.96. The maximum absolute atomic E-state index is 4.69. The molecule has 0 amide bonds. The lowest BCUT2D eigenvalue weighted by Gasteiger charge is -2.09. The van der Waals surface area contributed by atoms with Gasteiger partial charge in [0, 0.05) is 5.39 Å². The van der Waals surface area contributed by atoms with Crippen LogP contribution in [0, 0.1) is 6.92 Å². The van der Waals surface area contributed by atoms with Gasteiger partial charge in [-0.2, -0.15) is 0 Å². The Kier molecular flexibility index (Phi) is 3.72. The summed E-state index contributed by atoms with van der Waals surface area (Å²) < 4.78 is 0. The molecular formula is C15H19NS. The number of hydrogen-bond donors (Lipinski definition) is 0. The molecule has 0 N–H and O–H groups in total. The zero-order chi connectivity index (χ0) is 12.4. The second kappa shape index (κ2) is 5.09. The maximum atomic E-state index is 4.69. The molecule has 1 aromatic heterocycles. The molecule has 2 rings (SSSR count). The summed E-state index contributed by atoms with van der Waals surface area (Å²) in [5.41, 5.74) is 3.83. The van der Waals surface area contributed by atoms with E-state index in [0.717, 1.165) is 16.3 Å². The van der Waals surface area contributed by atoms with Crippen LogP contribution in [0.4, 0.5) is 0 Å². The molecule has 0 unspecified atom stereocenters. The Bertz CT molecular complexity index is 532. The van der Waals surface area contributed by atoms with Gasteiger partial charge >= 0.3 is 0 Å². The lowest BCUT2D eigenvalue weighted by atomic mass is 9.99. The molecule has 0 aliphatic carbocycles. The van der Waals surface area contributed by atoms with Gasteiger partial charge in [0.1, 0.15) is 0 Å². The molecule has 1 nitrogen and oxygen atoms in total. The normalized spacial score (nSPS) is 11.4. The quantitative estimate of drug-likeness (QED) is 0.722. The molecule has 0 radical (unpaired) electrons. The molecule has 0 spiro atoms. The summed E-state index contributed by atoms with van der Waals surface area (Å²) in [5.74, 6) is 1.64. The van der Waals surface area contributed by atoms with E-state index in [4.69, 9.17) is 0 Å². The van der Waals surface area contributed by atoms with Gasteiger partial charge < -0.3 is 0 Å². The van der Waals surface area contributed by atoms with Gasteiger partial charge in [0.2, 0.25) is 0 Å². The third-order valence-electron chi connectivity index (χ3n) is 2.97. The van der Waals surface area contributed by atoms with Crippen molar-refractivity contribution in [3.63, 3.8) is 0 Å². The van der Waals surface area contributed by atoms with E-state index in [1.807, 2.05) is 0 Å². The topological polar surface area (TPSA) is 12.9 Å². The van der Waals surface area contributed by atoms with E-state index in [9.17, 15) is 0 Å². The van der Waals surface area contributed by atoms with Crippen molar-refractivity contribution < 1.29 is 0 Å². The first-order chi connectivity index (χ1) is 8.11. The van der Waals surface area contributed by atoms with Gasteiger partial charge in [0.05, 0.1) is 10.5 Å². The number of thioether (sulfide) groups is 1. The predicted octanol–water partition coefficient (Wildman–Crippen LogP) is 4.78. The maximum Gasteiger partial charge on any atom is 0.0970 e. The molecule has 90 valence electrons. The molecular weight excluding hydrogens is 226 g/mol. The minimum atomic E-state index is 0.573. The standard InChI is InChI=1S/C15H19NS/c1-5-17-15-8-11(4)13-9-12(10(2)3)6-7-14(13)16-15/h6-10H,5H2,1-4H3. The molecule has 0 bridgehead atoms. The van der Waals surface area contributed by atoms with Crippen LogP contribution < -0.4 is 0 Å². The number of rotatable bonds is 3. The van der Waals surface area contributed by atoms with E-state index in [1.54, 1.807) is 11.8 Å².